The average molecular weight is 211 g/mol. The molecule has 0 atom stereocenters. The van der Waals surface area contributed by atoms with Crippen molar-refractivity contribution in [2.45, 2.75) is 39.3 Å². The minimum absolute atomic E-state index is 0.506. The molecule has 0 aliphatic carbocycles. The molecule has 0 amide bonds. The van der Waals surface area contributed by atoms with Gasteiger partial charge in [-0.1, -0.05) is 13.8 Å². The second-order valence-electron chi connectivity index (χ2n) is 3.73. The predicted molar refractivity (Wildman–Crippen MR) is 62.0 cm³/mol. The maximum atomic E-state index is 5.44. The van der Waals surface area contributed by atoms with Crippen LogP contribution in [0.3, 0.4) is 0 Å². The molecule has 1 aromatic rings. The van der Waals surface area contributed by atoms with Crippen LogP contribution in [0.2, 0.25) is 0 Å². The zero-order chi connectivity index (χ0) is 11.3. The van der Waals surface area contributed by atoms with Crippen LogP contribution in [0.25, 0.3) is 0 Å². The van der Waals surface area contributed by atoms with E-state index in [9.17, 15) is 0 Å². The van der Waals surface area contributed by atoms with Crippen LogP contribution >= 0.6 is 0 Å². The highest BCUT2D eigenvalue weighted by molar-refractivity contribution is 5.27. The molecule has 0 saturated heterocycles. The Morgan fingerprint density at radius 1 is 1.47 bits per heavy atom. The van der Waals surface area contributed by atoms with Gasteiger partial charge in [-0.3, -0.25) is 0 Å². The minimum atomic E-state index is 0.506. The fraction of sp³-hybridized carbons (Fsp3) is 0.727. The number of oxazole rings is 1. The molecular formula is C11H21N3O. The van der Waals surface area contributed by atoms with Crippen molar-refractivity contribution in [1.29, 1.82) is 0 Å². The molecule has 0 unspecified atom stereocenters. The van der Waals surface area contributed by atoms with Gasteiger partial charge < -0.3 is 14.6 Å². The molecule has 1 heterocycles. The Balaban J connectivity index is 2.68. The largest absolute Gasteiger partial charge is 0.432 e. The third-order valence-electron chi connectivity index (χ3n) is 2.69. The Labute approximate surface area is 91.7 Å². The van der Waals surface area contributed by atoms with Crippen molar-refractivity contribution in [3.8, 4) is 0 Å². The van der Waals surface area contributed by atoms with Gasteiger partial charge in [-0.2, -0.15) is 4.98 Å². The number of nitrogens with one attached hydrogen (secondary N) is 1. The molecular weight excluding hydrogens is 190 g/mol. The summed E-state index contributed by atoms with van der Waals surface area (Å²) in [4.78, 5) is 6.52. The first-order valence-electron chi connectivity index (χ1n) is 5.54. The van der Waals surface area contributed by atoms with E-state index >= 15 is 0 Å². The molecule has 1 aromatic heterocycles. The van der Waals surface area contributed by atoms with E-state index < -0.39 is 0 Å². The number of hydrogen-bond acceptors (Lipinski definition) is 4. The molecule has 0 bridgehead atoms. The normalized spacial score (nSPS) is 11.0. The van der Waals surface area contributed by atoms with Gasteiger partial charge in [-0.15, -0.1) is 0 Å². The van der Waals surface area contributed by atoms with Gasteiger partial charge in [-0.05, 0) is 19.9 Å². The Morgan fingerprint density at radius 3 is 2.67 bits per heavy atom. The van der Waals surface area contributed by atoms with Crippen molar-refractivity contribution in [3.63, 3.8) is 0 Å². The fourth-order valence-corrected chi connectivity index (χ4v) is 1.71. The minimum Gasteiger partial charge on any atom is -0.432 e. The third-order valence-corrected chi connectivity index (χ3v) is 2.69. The van der Waals surface area contributed by atoms with E-state index in [1.54, 1.807) is 6.26 Å². The number of nitrogens with zero attached hydrogens (tertiary/aromatic N) is 2. The fourth-order valence-electron chi connectivity index (χ4n) is 1.71. The smallest absolute Gasteiger partial charge is 0.297 e. The lowest BCUT2D eigenvalue weighted by Gasteiger charge is -2.24. The molecule has 0 aromatic carbocycles. The maximum Gasteiger partial charge on any atom is 0.297 e. The first-order chi connectivity index (χ1) is 7.22. The van der Waals surface area contributed by atoms with E-state index in [-0.39, 0.29) is 0 Å². The van der Waals surface area contributed by atoms with Crippen LogP contribution in [0, 0.1) is 0 Å². The van der Waals surface area contributed by atoms with Crippen molar-refractivity contribution in [3.05, 3.63) is 12.0 Å². The summed E-state index contributed by atoms with van der Waals surface area (Å²) in [6, 6.07) is 1.22. The Morgan fingerprint density at radius 2 is 2.13 bits per heavy atom. The predicted octanol–water partition coefficient (Wildman–Crippen LogP) is 2.02. The van der Waals surface area contributed by atoms with Crippen LogP contribution in [-0.4, -0.2) is 25.1 Å². The summed E-state index contributed by atoms with van der Waals surface area (Å²) >= 11 is 0. The van der Waals surface area contributed by atoms with Crippen LogP contribution in [0.4, 0.5) is 6.01 Å². The zero-order valence-corrected chi connectivity index (χ0v) is 10.1. The topological polar surface area (TPSA) is 41.3 Å². The molecule has 1 rings (SSSR count). The van der Waals surface area contributed by atoms with Gasteiger partial charge >= 0.3 is 0 Å². The summed E-state index contributed by atoms with van der Waals surface area (Å²) in [5, 5.41) is 3.05. The van der Waals surface area contributed by atoms with Crippen LogP contribution in [0.15, 0.2) is 10.7 Å². The van der Waals surface area contributed by atoms with Gasteiger partial charge in [0.2, 0.25) is 0 Å². The second kappa shape index (κ2) is 5.75. The van der Waals surface area contributed by atoms with E-state index in [0.29, 0.717) is 12.1 Å². The Bertz CT molecular complexity index is 281. The van der Waals surface area contributed by atoms with Gasteiger partial charge in [0.25, 0.3) is 6.01 Å². The SMILES string of the molecule is CCC(CC)N(C)c1nc(CNC)co1. The highest BCUT2D eigenvalue weighted by atomic mass is 16.4. The molecule has 0 spiro atoms. The number of hydrogen-bond donors (Lipinski definition) is 1. The molecule has 1 N–H and O–H groups in total. The highest BCUT2D eigenvalue weighted by Crippen LogP contribution is 2.17. The van der Waals surface area contributed by atoms with E-state index in [1.807, 2.05) is 14.1 Å². The van der Waals surface area contributed by atoms with Gasteiger partial charge in [0.1, 0.15) is 6.26 Å². The van der Waals surface area contributed by atoms with Crippen molar-refractivity contribution in [1.82, 2.24) is 10.3 Å². The van der Waals surface area contributed by atoms with Crippen LogP contribution in [0.5, 0.6) is 0 Å². The Kier molecular flexibility index (Phi) is 4.62. The van der Waals surface area contributed by atoms with Crippen molar-refractivity contribution in [2.24, 2.45) is 0 Å². The first-order valence-corrected chi connectivity index (χ1v) is 5.54. The number of aromatic nitrogens is 1. The van der Waals surface area contributed by atoms with Crippen LogP contribution in [-0.2, 0) is 6.54 Å². The van der Waals surface area contributed by atoms with E-state index in [4.69, 9.17) is 4.42 Å². The number of anilines is 1. The van der Waals surface area contributed by atoms with Crippen molar-refractivity contribution >= 4 is 6.01 Å². The quantitative estimate of drug-likeness (QED) is 0.781. The van der Waals surface area contributed by atoms with Crippen molar-refractivity contribution in [2.75, 3.05) is 19.0 Å². The third kappa shape index (κ3) is 2.96. The summed E-state index contributed by atoms with van der Waals surface area (Å²) in [5.41, 5.74) is 0.949. The summed E-state index contributed by atoms with van der Waals surface area (Å²) in [6.07, 6.45) is 3.93. The summed E-state index contributed by atoms with van der Waals surface area (Å²) in [7, 11) is 3.94. The molecule has 0 aliphatic heterocycles. The first kappa shape index (κ1) is 12.0. The lowest BCUT2D eigenvalue weighted by molar-refractivity contribution is 0.495. The summed E-state index contributed by atoms with van der Waals surface area (Å²) < 4.78 is 5.44. The molecule has 86 valence electrons. The molecule has 4 nitrogen and oxygen atoms in total. The van der Waals surface area contributed by atoms with Gasteiger partial charge in [0, 0.05) is 19.6 Å². The van der Waals surface area contributed by atoms with E-state index in [0.717, 1.165) is 25.1 Å². The lowest BCUT2D eigenvalue weighted by Crippen LogP contribution is -2.30. The standard InChI is InChI=1S/C11H21N3O/c1-5-10(6-2)14(4)11-13-9(7-12-3)8-15-11/h8,10,12H,5-7H2,1-4H3. The van der Waals surface area contributed by atoms with Crippen molar-refractivity contribution < 1.29 is 4.42 Å². The zero-order valence-electron chi connectivity index (χ0n) is 10.1. The molecule has 0 saturated carbocycles. The monoisotopic (exact) mass is 211 g/mol. The molecule has 0 aliphatic rings. The second-order valence-corrected chi connectivity index (χ2v) is 3.73. The molecule has 0 radical (unpaired) electrons. The van der Waals surface area contributed by atoms with E-state index in [1.165, 1.54) is 0 Å². The molecule has 0 fully saturated rings. The Hall–Kier alpha value is -1.03. The summed E-state index contributed by atoms with van der Waals surface area (Å²) in [5.74, 6) is 0. The van der Waals surface area contributed by atoms with Gasteiger partial charge in [-0.25, -0.2) is 0 Å². The van der Waals surface area contributed by atoms with Crippen LogP contribution in [0.1, 0.15) is 32.4 Å². The average Bonchev–Trinajstić information content (AvgIpc) is 2.68. The maximum absolute atomic E-state index is 5.44. The van der Waals surface area contributed by atoms with Gasteiger partial charge in [0.15, 0.2) is 0 Å². The molecule has 4 heteroatoms. The molecule has 15 heavy (non-hydrogen) atoms. The summed E-state index contributed by atoms with van der Waals surface area (Å²) in [6.45, 7) is 5.12. The highest BCUT2D eigenvalue weighted by Gasteiger charge is 2.15. The van der Waals surface area contributed by atoms with Gasteiger partial charge in [0.05, 0.1) is 5.69 Å². The lowest BCUT2D eigenvalue weighted by atomic mass is 10.1. The number of rotatable bonds is 6. The van der Waals surface area contributed by atoms with E-state index in [2.05, 4.69) is 29.0 Å². The van der Waals surface area contributed by atoms with Crippen LogP contribution < -0.4 is 10.2 Å².